The van der Waals surface area contributed by atoms with Crippen LogP contribution in [0.25, 0.3) is 0 Å². The summed E-state index contributed by atoms with van der Waals surface area (Å²) in [5, 5.41) is 13.8. The van der Waals surface area contributed by atoms with Crippen LogP contribution < -0.4 is 14.9 Å². The van der Waals surface area contributed by atoms with Crippen LogP contribution in [0.4, 0.5) is 5.82 Å². The van der Waals surface area contributed by atoms with Gasteiger partial charge in [-0.3, -0.25) is 4.79 Å². The normalized spacial score (nSPS) is 14.1. The Balaban J connectivity index is 1.62. The van der Waals surface area contributed by atoms with E-state index >= 15 is 0 Å². The van der Waals surface area contributed by atoms with Gasteiger partial charge in [0.1, 0.15) is 5.82 Å². The molecule has 1 amide bonds. The van der Waals surface area contributed by atoms with Crippen molar-refractivity contribution < 1.29 is 9.52 Å². The molecule has 1 aliphatic heterocycles. The molecule has 0 spiro atoms. The van der Waals surface area contributed by atoms with Gasteiger partial charge in [-0.2, -0.15) is 4.73 Å². The number of pyridine rings is 2. The lowest BCUT2D eigenvalue weighted by molar-refractivity contribution is -0.605. The van der Waals surface area contributed by atoms with Crippen LogP contribution >= 0.6 is 0 Å². The van der Waals surface area contributed by atoms with Crippen LogP contribution in [0, 0.1) is 5.21 Å². The zero-order valence-corrected chi connectivity index (χ0v) is 12.2. The van der Waals surface area contributed by atoms with Crippen molar-refractivity contribution in [1.29, 1.82) is 0 Å². The van der Waals surface area contributed by atoms with Crippen LogP contribution in [-0.2, 0) is 6.54 Å². The van der Waals surface area contributed by atoms with Crippen molar-refractivity contribution in [3.63, 3.8) is 0 Å². The van der Waals surface area contributed by atoms with Crippen molar-refractivity contribution in [2.75, 3.05) is 18.0 Å². The van der Waals surface area contributed by atoms with Gasteiger partial charge in [0.05, 0.1) is 5.56 Å². The topological polar surface area (TPSA) is 72.2 Å². The Kier molecular flexibility index (Phi) is 4.18. The van der Waals surface area contributed by atoms with Crippen molar-refractivity contribution in [1.82, 2.24) is 10.3 Å². The maximum Gasteiger partial charge on any atom is 0.252 e. The smallest absolute Gasteiger partial charge is 0.252 e. The van der Waals surface area contributed by atoms with Gasteiger partial charge in [0.15, 0.2) is 12.4 Å². The van der Waals surface area contributed by atoms with Crippen LogP contribution in [-0.4, -0.2) is 24.0 Å². The van der Waals surface area contributed by atoms with Crippen LogP contribution in [0.1, 0.15) is 28.8 Å². The van der Waals surface area contributed by atoms with Gasteiger partial charge in [-0.15, -0.1) is 0 Å². The maximum atomic E-state index is 12.0. The summed E-state index contributed by atoms with van der Waals surface area (Å²) in [6.45, 7) is 2.53. The number of hydrogen-bond acceptors (Lipinski definition) is 4. The van der Waals surface area contributed by atoms with Crippen molar-refractivity contribution in [2.45, 2.75) is 19.4 Å². The Morgan fingerprint density at radius 1 is 1.27 bits per heavy atom. The predicted octanol–water partition coefficient (Wildman–Crippen LogP) is 1.25. The number of nitrogens with one attached hydrogen (secondary N) is 1. The highest BCUT2D eigenvalue weighted by atomic mass is 16.5. The van der Waals surface area contributed by atoms with Crippen LogP contribution in [0.5, 0.6) is 0 Å². The number of carbonyl (C=O) groups excluding carboxylic acids is 1. The average Bonchev–Trinajstić information content (AvgIpc) is 3.08. The molecule has 2 aromatic heterocycles. The van der Waals surface area contributed by atoms with E-state index in [4.69, 9.17) is 0 Å². The molecule has 1 aliphatic rings. The summed E-state index contributed by atoms with van der Waals surface area (Å²) < 4.78 is 0.655. The van der Waals surface area contributed by atoms with Crippen molar-refractivity contribution in [3.05, 3.63) is 59.2 Å². The third-order valence-electron chi connectivity index (χ3n) is 3.76. The molecular formula is C16H18N4O2. The van der Waals surface area contributed by atoms with E-state index in [-0.39, 0.29) is 5.91 Å². The first-order chi connectivity index (χ1) is 10.7. The van der Waals surface area contributed by atoms with Crippen molar-refractivity contribution in [3.8, 4) is 0 Å². The largest absolute Gasteiger partial charge is 0.619 e. The number of hydrogen-bond donors (Lipinski definition) is 1. The molecule has 0 aliphatic carbocycles. The number of aromatic nitrogens is 2. The molecule has 0 bridgehead atoms. The van der Waals surface area contributed by atoms with Gasteiger partial charge >= 0.3 is 0 Å². The summed E-state index contributed by atoms with van der Waals surface area (Å²) >= 11 is 0. The lowest BCUT2D eigenvalue weighted by atomic mass is 10.2. The molecule has 2 aromatic rings. The zero-order valence-electron chi connectivity index (χ0n) is 12.2. The number of anilines is 1. The summed E-state index contributed by atoms with van der Waals surface area (Å²) in [4.78, 5) is 18.7. The van der Waals surface area contributed by atoms with Gasteiger partial charge in [-0.05, 0) is 30.5 Å². The van der Waals surface area contributed by atoms with E-state index in [1.807, 2.05) is 12.1 Å². The van der Waals surface area contributed by atoms with Crippen molar-refractivity contribution in [2.24, 2.45) is 0 Å². The molecule has 1 fully saturated rings. The highest BCUT2D eigenvalue weighted by Crippen LogP contribution is 2.18. The minimum atomic E-state index is -0.194. The molecule has 3 heterocycles. The van der Waals surface area contributed by atoms with Gasteiger partial charge < -0.3 is 15.4 Å². The summed E-state index contributed by atoms with van der Waals surface area (Å²) in [5.74, 6) is 0.775. The molecular weight excluding hydrogens is 280 g/mol. The fraction of sp³-hybridized carbons (Fsp3) is 0.312. The summed E-state index contributed by atoms with van der Waals surface area (Å²) in [6.07, 6.45) is 6.81. The third-order valence-corrected chi connectivity index (χ3v) is 3.76. The second kappa shape index (κ2) is 6.43. The number of carbonyl (C=O) groups is 1. The first-order valence-electron chi connectivity index (χ1n) is 7.39. The molecule has 6 nitrogen and oxygen atoms in total. The molecule has 0 aromatic carbocycles. The van der Waals surface area contributed by atoms with Gasteiger partial charge in [0, 0.05) is 38.0 Å². The highest BCUT2D eigenvalue weighted by Gasteiger charge is 2.14. The Hall–Kier alpha value is -2.63. The first kappa shape index (κ1) is 14.3. The molecule has 1 N–H and O–H groups in total. The Morgan fingerprint density at radius 2 is 2.00 bits per heavy atom. The molecule has 0 radical (unpaired) electrons. The molecule has 0 atom stereocenters. The first-order valence-corrected chi connectivity index (χ1v) is 7.39. The average molecular weight is 298 g/mol. The number of nitrogens with zero attached hydrogens (tertiary/aromatic N) is 3. The van der Waals surface area contributed by atoms with Crippen LogP contribution in [0.2, 0.25) is 0 Å². The molecule has 6 heteroatoms. The van der Waals surface area contributed by atoms with E-state index < -0.39 is 0 Å². The van der Waals surface area contributed by atoms with E-state index in [2.05, 4.69) is 15.2 Å². The standard InChI is InChI=1S/C16H18N4O2/c21-16(14-4-9-20(22)10-5-14)18-12-13-3-6-17-15(11-13)19-7-1-2-8-19/h3-6,9-11H,1-2,7-8,12H2,(H,18,21). The molecule has 1 saturated heterocycles. The maximum absolute atomic E-state index is 12.0. The fourth-order valence-electron chi connectivity index (χ4n) is 2.54. The molecule has 22 heavy (non-hydrogen) atoms. The lowest BCUT2D eigenvalue weighted by Gasteiger charge is -2.17. The zero-order chi connectivity index (χ0) is 15.4. The van der Waals surface area contributed by atoms with Gasteiger partial charge in [-0.25, -0.2) is 4.98 Å². The van der Waals surface area contributed by atoms with E-state index in [9.17, 15) is 10.0 Å². The summed E-state index contributed by atoms with van der Waals surface area (Å²) in [6, 6.07) is 6.92. The minimum absolute atomic E-state index is 0.194. The van der Waals surface area contributed by atoms with Crippen LogP contribution in [0.3, 0.4) is 0 Å². The van der Waals surface area contributed by atoms with E-state index in [1.165, 1.54) is 37.4 Å². The van der Waals surface area contributed by atoms with Crippen LogP contribution in [0.15, 0.2) is 42.9 Å². The predicted molar refractivity (Wildman–Crippen MR) is 82.3 cm³/mol. The van der Waals surface area contributed by atoms with Gasteiger partial charge in [0.2, 0.25) is 0 Å². The Labute approximate surface area is 129 Å². The van der Waals surface area contributed by atoms with Crippen molar-refractivity contribution >= 4 is 11.7 Å². The quantitative estimate of drug-likeness (QED) is 0.681. The van der Waals surface area contributed by atoms with E-state index in [1.54, 1.807) is 6.20 Å². The second-order valence-electron chi connectivity index (χ2n) is 5.35. The number of amides is 1. The summed E-state index contributed by atoms with van der Waals surface area (Å²) in [5.41, 5.74) is 1.49. The van der Waals surface area contributed by atoms with E-state index in [0.29, 0.717) is 16.8 Å². The Morgan fingerprint density at radius 3 is 2.73 bits per heavy atom. The molecule has 0 unspecified atom stereocenters. The fourth-order valence-corrected chi connectivity index (χ4v) is 2.54. The summed E-state index contributed by atoms with van der Waals surface area (Å²) in [7, 11) is 0. The highest BCUT2D eigenvalue weighted by molar-refractivity contribution is 5.93. The third kappa shape index (κ3) is 3.33. The monoisotopic (exact) mass is 298 g/mol. The minimum Gasteiger partial charge on any atom is -0.619 e. The molecule has 114 valence electrons. The lowest BCUT2D eigenvalue weighted by Crippen LogP contribution is -2.27. The van der Waals surface area contributed by atoms with E-state index in [0.717, 1.165) is 24.5 Å². The second-order valence-corrected chi connectivity index (χ2v) is 5.35. The SMILES string of the molecule is O=C(NCc1ccnc(N2CCCC2)c1)c1cc[n+]([O-])cc1. The van der Waals surface area contributed by atoms with Gasteiger partial charge in [0.25, 0.3) is 5.91 Å². The molecule has 0 saturated carbocycles. The molecule has 3 rings (SSSR count). The Bertz CT molecular complexity index is 651. The van der Waals surface area contributed by atoms with Gasteiger partial charge in [-0.1, -0.05) is 0 Å². The number of rotatable bonds is 4.